The average Bonchev–Trinajstić information content (AvgIpc) is 2.94. The molecule has 2 amide bonds. The molecular formula is C17H27N3O6S. The molecule has 152 valence electrons. The summed E-state index contributed by atoms with van der Waals surface area (Å²) in [5.41, 5.74) is 2.50. The molecule has 0 saturated carbocycles. The summed E-state index contributed by atoms with van der Waals surface area (Å²) >= 11 is 0. The Bertz CT molecular complexity index is 826. The maximum absolute atomic E-state index is 12.0. The summed E-state index contributed by atoms with van der Waals surface area (Å²) in [6, 6.07) is -0.146. The number of sulfone groups is 1. The van der Waals surface area contributed by atoms with E-state index >= 15 is 0 Å². The summed E-state index contributed by atoms with van der Waals surface area (Å²) in [6.45, 7) is 8.88. The van der Waals surface area contributed by atoms with E-state index in [1.54, 1.807) is 25.3 Å². The zero-order chi connectivity index (χ0) is 20.4. The highest BCUT2D eigenvalue weighted by Crippen LogP contribution is 2.31. The Kier molecular flexibility index (Phi) is 6.40. The summed E-state index contributed by atoms with van der Waals surface area (Å²) in [4.78, 5) is 23.6. The molecule has 2 N–H and O–H groups in total. The number of rotatable bonds is 6. The van der Waals surface area contributed by atoms with Crippen molar-refractivity contribution in [2.75, 3.05) is 0 Å². The Morgan fingerprint density at radius 3 is 1.96 bits per heavy atom. The first kappa shape index (κ1) is 21.1. The number of carbonyl (C=O) groups excluding carboxylic acids is 2. The molecule has 27 heavy (non-hydrogen) atoms. The van der Waals surface area contributed by atoms with E-state index < -0.39 is 22.0 Å². The summed E-state index contributed by atoms with van der Waals surface area (Å²) in [6.07, 6.45) is -1.15. The first-order valence-corrected chi connectivity index (χ1v) is 10.6. The molecule has 2 rings (SSSR count). The van der Waals surface area contributed by atoms with Crippen LogP contribution in [0.2, 0.25) is 0 Å². The number of ether oxygens (including phenoxy) is 2. The van der Waals surface area contributed by atoms with Crippen LogP contribution >= 0.6 is 0 Å². The van der Waals surface area contributed by atoms with Crippen LogP contribution < -0.4 is 10.6 Å². The highest BCUT2D eigenvalue weighted by molar-refractivity contribution is 7.89. The van der Waals surface area contributed by atoms with Gasteiger partial charge in [-0.2, -0.15) is 0 Å². The maximum Gasteiger partial charge on any atom is 0.407 e. The van der Waals surface area contributed by atoms with Crippen LogP contribution in [0.1, 0.15) is 50.2 Å². The van der Waals surface area contributed by atoms with Gasteiger partial charge in [0.1, 0.15) is 19.1 Å². The van der Waals surface area contributed by atoms with E-state index in [2.05, 4.69) is 10.6 Å². The van der Waals surface area contributed by atoms with E-state index in [4.69, 9.17) is 9.47 Å². The van der Waals surface area contributed by atoms with Crippen molar-refractivity contribution in [2.45, 2.75) is 71.5 Å². The third kappa shape index (κ3) is 5.38. The molecule has 1 aromatic heterocycles. The maximum atomic E-state index is 12.0. The standard InChI is InChI=1S/C17H27N3O6S/c1-10(2)18-16(21)25-6-13-12(5)20-9-27(23,24)8-15(20)14(13)7-26-17(22)19-11(3)4/h10-11H,6-9H2,1-5H3,(H,18,21)(H,19,22). The fraction of sp³-hybridized carbons (Fsp3) is 0.647. The van der Waals surface area contributed by atoms with Crippen molar-refractivity contribution in [3.05, 3.63) is 22.5 Å². The van der Waals surface area contributed by atoms with Gasteiger partial charge >= 0.3 is 12.2 Å². The van der Waals surface area contributed by atoms with Gasteiger partial charge in [-0.1, -0.05) is 0 Å². The van der Waals surface area contributed by atoms with Crippen LogP contribution in [0, 0.1) is 6.92 Å². The highest BCUT2D eigenvalue weighted by atomic mass is 32.2. The number of aromatic nitrogens is 1. The van der Waals surface area contributed by atoms with Crippen molar-refractivity contribution >= 4 is 22.0 Å². The van der Waals surface area contributed by atoms with E-state index in [0.717, 1.165) is 0 Å². The topological polar surface area (TPSA) is 116 Å². The molecule has 2 heterocycles. The summed E-state index contributed by atoms with van der Waals surface area (Å²) in [7, 11) is -3.24. The quantitative estimate of drug-likeness (QED) is 0.753. The number of nitrogens with one attached hydrogen (secondary N) is 2. The second-order valence-electron chi connectivity index (χ2n) is 7.18. The molecule has 0 fully saturated rings. The van der Waals surface area contributed by atoms with Gasteiger partial charge in [0.25, 0.3) is 0 Å². The number of hydrogen-bond donors (Lipinski definition) is 2. The molecule has 1 aliphatic rings. The lowest BCUT2D eigenvalue weighted by Gasteiger charge is -2.13. The SMILES string of the molecule is Cc1c(COC(=O)NC(C)C)c(COC(=O)NC(C)C)c2n1CS(=O)(=O)C2. The van der Waals surface area contributed by atoms with Crippen molar-refractivity contribution in [1.82, 2.24) is 15.2 Å². The minimum Gasteiger partial charge on any atom is -0.445 e. The van der Waals surface area contributed by atoms with Crippen molar-refractivity contribution in [2.24, 2.45) is 0 Å². The van der Waals surface area contributed by atoms with Crippen molar-refractivity contribution < 1.29 is 27.5 Å². The van der Waals surface area contributed by atoms with Crippen LogP contribution in [-0.4, -0.2) is 37.3 Å². The first-order chi connectivity index (χ1) is 12.5. The van der Waals surface area contributed by atoms with Crippen LogP contribution in [0.15, 0.2) is 0 Å². The molecule has 1 aromatic rings. The van der Waals surface area contributed by atoms with E-state index in [1.165, 1.54) is 0 Å². The molecule has 0 saturated heterocycles. The van der Waals surface area contributed by atoms with Crippen molar-refractivity contribution in [1.29, 1.82) is 0 Å². The minimum absolute atomic E-state index is 0.0328. The third-order valence-corrected chi connectivity index (χ3v) is 5.44. The Labute approximate surface area is 159 Å². The smallest absolute Gasteiger partial charge is 0.407 e. The number of nitrogens with zero attached hydrogens (tertiary/aromatic N) is 1. The van der Waals surface area contributed by atoms with E-state index in [0.29, 0.717) is 22.5 Å². The molecule has 1 aliphatic heterocycles. The lowest BCUT2D eigenvalue weighted by atomic mass is 10.1. The first-order valence-electron chi connectivity index (χ1n) is 8.77. The Morgan fingerprint density at radius 1 is 1.00 bits per heavy atom. The fourth-order valence-electron chi connectivity index (χ4n) is 2.90. The monoisotopic (exact) mass is 401 g/mol. The predicted molar refractivity (Wildman–Crippen MR) is 98.7 cm³/mol. The molecule has 9 nitrogen and oxygen atoms in total. The van der Waals surface area contributed by atoms with Gasteiger partial charge < -0.3 is 24.7 Å². The third-order valence-electron chi connectivity index (χ3n) is 4.07. The van der Waals surface area contributed by atoms with Crippen molar-refractivity contribution in [3.63, 3.8) is 0 Å². The highest BCUT2D eigenvalue weighted by Gasteiger charge is 2.32. The number of carbonyl (C=O) groups is 2. The number of fused-ring (bicyclic) bond motifs is 1. The Morgan fingerprint density at radius 2 is 1.48 bits per heavy atom. The lowest BCUT2D eigenvalue weighted by molar-refractivity contribution is 0.129. The molecule has 0 radical (unpaired) electrons. The van der Waals surface area contributed by atoms with Gasteiger partial charge in [-0.25, -0.2) is 18.0 Å². The second kappa shape index (κ2) is 8.20. The Balaban J connectivity index is 2.22. The number of hydrogen-bond acceptors (Lipinski definition) is 6. The van der Waals surface area contributed by atoms with E-state index in [9.17, 15) is 18.0 Å². The zero-order valence-electron chi connectivity index (χ0n) is 16.3. The number of amides is 2. The Hall–Kier alpha value is -2.23. The van der Waals surface area contributed by atoms with Crippen molar-refractivity contribution in [3.8, 4) is 0 Å². The van der Waals surface area contributed by atoms with Gasteiger partial charge in [-0.3, -0.25) is 0 Å². The average molecular weight is 401 g/mol. The molecule has 0 spiro atoms. The largest absolute Gasteiger partial charge is 0.445 e. The summed E-state index contributed by atoms with van der Waals surface area (Å²) < 4.78 is 36.2. The number of alkyl carbamates (subject to hydrolysis) is 2. The molecule has 0 atom stereocenters. The van der Waals surface area contributed by atoms with Crippen LogP contribution in [0.3, 0.4) is 0 Å². The lowest BCUT2D eigenvalue weighted by Crippen LogP contribution is -2.31. The fourth-order valence-corrected chi connectivity index (χ4v) is 4.48. The summed E-state index contributed by atoms with van der Waals surface area (Å²) in [5.74, 6) is -0.256. The van der Waals surface area contributed by atoms with E-state index in [-0.39, 0.29) is 36.9 Å². The molecular weight excluding hydrogens is 374 g/mol. The minimum atomic E-state index is -3.24. The van der Waals surface area contributed by atoms with Crippen LogP contribution in [0.5, 0.6) is 0 Å². The molecule has 0 bridgehead atoms. The van der Waals surface area contributed by atoms with Crippen LogP contribution in [-0.2, 0) is 44.2 Å². The van der Waals surface area contributed by atoms with Gasteiger partial charge in [0, 0.05) is 34.6 Å². The van der Waals surface area contributed by atoms with Gasteiger partial charge in [-0.05, 0) is 34.6 Å². The normalized spacial score (nSPS) is 14.9. The zero-order valence-corrected chi connectivity index (χ0v) is 17.1. The van der Waals surface area contributed by atoms with Gasteiger partial charge in [0.05, 0.1) is 5.75 Å². The van der Waals surface area contributed by atoms with Gasteiger partial charge in [-0.15, -0.1) is 0 Å². The molecule has 0 unspecified atom stereocenters. The molecule has 0 aliphatic carbocycles. The second-order valence-corrected chi connectivity index (χ2v) is 9.22. The van der Waals surface area contributed by atoms with Gasteiger partial charge in [0.15, 0.2) is 9.84 Å². The molecule has 10 heteroatoms. The predicted octanol–water partition coefficient (Wildman–Crippen LogP) is 1.95. The van der Waals surface area contributed by atoms with Crippen LogP contribution in [0.4, 0.5) is 9.59 Å². The summed E-state index contributed by atoms with van der Waals surface area (Å²) in [5, 5.41) is 5.24. The van der Waals surface area contributed by atoms with Gasteiger partial charge in [0.2, 0.25) is 0 Å². The molecule has 0 aromatic carbocycles. The van der Waals surface area contributed by atoms with Crippen LogP contribution in [0.25, 0.3) is 0 Å². The van der Waals surface area contributed by atoms with E-state index in [1.807, 2.05) is 13.8 Å².